The van der Waals surface area contributed by atoms with Crippen molar-refractivity contribution in [1.82, 2.24) is 5.32 Å². The van der Waals surface area contributed by atoms with Gasteiger partial charge in [-0.05, 0) is 25.0 Å². The summed E-state index contributed by atoms with van der Waals surface area (Å²) in [4.78, 5) is 11.8. The largest absolute Gasteiger partial charge is 0.493 e. The Hall–Kier alpha value is -1.42. The summed E-state index contributed by atoms with van der Waals surface area (Å²) < 4.78 is 10.9. The van der Waals surface area contributed by atoms with Crippen LogP contribution in [-0.4, -0.2) is 26.2 Å². The van der Waals surface area contributed by atoms with Gasteiger partial charge in [-0.3, -0.25) is 4.79 Å². The highest BCUT2D eigenvalue weighted by atomic mass is 35.5. The van der Waals surface area contributed by atoms with Crippen molar-refractivity contribution in [3.63, 3.8) is 0 Å². The number of methoxy groups -OCH3 is 1. The lowest BCUT2D eigenvalue weighted by Gasteiger charge is -2.15. The zero-order chi connectivity index (χ0) is 14.4. The van der Waals surface area contributed by atoms with Crippen LogP contribution in [0.15, 0.2) is 12.1 Å². The van der Waals surface area contributed by atoms with Gasteiger partial charge in [-0.15, -0.1) is 0 Å². The summed E-state index contributed by atoms with van der Waals surface area (Å²) in [5.74, 6) is 1.14. The Kier molecular flexibility index (Phi) is 5.96. The molecule has 0 atom stereocenters. The van der Waals surface area contributed by atoms with E-state index in [9.17, 15) is 4.79 Å². The van der Waals surface area contributed by atoms with Gasteiger partial charge >= 0.3 is 0 Å². The van der Waals surface area contributed by atoms with Crippen LogP contribution < -0.4 is 14.8 Å². The van der Waals surface area contributed by atoms with E-state index in [1.807, 2.05) is 20.8 Å². The van der Waals surface area contributed by atoms with Gasteiger partial charge in [-0.1, -0.05) is 25.4 Å². The molecule has 1 N–H and O–H groups in total. The molecule has 19 heavy (non-hydrogen) atoms. The molecule has 1 amide bonds. The molecule has 0 fully saturated rings. The second kappa shape index (κ2) is 7.24. The second-order valence-corrected chi connectivity index (χ2v) is 4.96. The molecule has 1 aromatic carbocycles. The molecular formula is C14H20ClNO3. The molecule has 106 valence electrons. The Labute approximate surface area is 119 Å². The molecule has 0 bridgehead atoms. The Morgan fingerprint density at radius 2 is 2.11 bits per heavy atom. The average Bonchev–Trinajstić information content (AvgIpc) is 2.36. The molecule has 0 aliphatic rings. The third-order valence-corrected chi connectivity index (χ3v) is 2.67. The maximum Gasteiger partial charge on any atom is 0.251 e. The smallest absolute Gasteiger partial charge is 0.251 e. The molecule has 0 spiro atoms. The number of nitrogens with one attached hydrogen (secondary N) is 1. The van der Waals surface area contributed by atoms with Gasteiger partial charge in [0.1, 0.15) is 0 Å². The standard InChI is InChI=1S/C14H20ClNO3/c1-5-16-14(17)10-6-11(15)13(12(7-10)18-4)19-8-9(2)3/h6-7,9H,5,8H2,1-4H3,(H,16,17). The van der Waals surface area contributed by atoms with Gasteiger partial charge in [0.15, 0.2) is 11.5 Å². The first-order chi connectivity index (χ1) is 8.99. The summed E-state index contributed by atoms with van der Waals surface area (Å²) in [5, 5.41) is 3.09. The molecule has 4 nitrogen and oxygen atoms in total. The maximum absolute atomic E-state index is 11.8. The number of amides is 1. The van der Waals surface area contributed by atoms with Crippen molar-refractivity contribution in [2.75, 3.05) is 20.3 Å². The van der Waals surface area contributed by atoms with Gasteiger partial charge in [0.05, 0.1) is 18.7 Å². The summed E-state index contributed by atoms with van der Waals surface area (Å²) in [6, 6.07) is 3.22. The van der Waals surface area contributed by atoms with Crippen molar-refractivity contribution in [3.05, 3.63) is 22.7 Å². The summed E-state index contributed by atoms with van der Waals surface area (Å²) in [7, 11) is 1.52. The number of benzene rings is 1. The van der Waals surface area contributed by atoms with Gasteiger partial charge in [-0.25, -0.2) is 0 Å². The van der Waals surface area contributed by atoms with Gasteiger partial charge < -0.3 is 14.8 Å². The van der Waals surface area contributed by atoms with Crippen molar-refractivity contribution in [1.29, 1.82) is 0 Å². The first kappa shape index (κ1) is 15.6. The summed E-state index contributed by atoms with van der Waals surface area (Å²) in [6.45, 7) is 7.05. The zero-order valence-corrected chi connectivity index (χ0v) is 12.5. The van der Waals surface area contributed by atoms with Gasteiger partial charge in [0, 0.05) is 12.1 Å². The molecular weight excluding hydrogens is 266 g/mol. The third kappa shape index (κ3) is 4.31. The predicted molar refractivity (Wildman–Crippen MR) is 76.3 cm³/mol. The van der Waals surface area contributed by atoms with Gasteiger partial charge in [0.2, 0.25) is 0 Å². The normalized spacial score (nSPS) is 10.4. The van der Waals surface area contributed by atoms with Gasteiger partial charge in [0.25, 0.3) is 5.91 Å². The molecule has 0 radical (unpaired) electrons. The number of hydrogen-bond donors (Lipinski definition) is 1. The van der Waals surface area contributed by atoms with E-state index < -0.39 is 0 Å². The van der Waals surface area contributed by atoms with Crippen molar-refractivity contribution in [3.8, 4) is 11.5 Å². The zero-order valence-electron chi connectivity index (χ0n) is 11.7. The van der Waals surface area contributed by atoms with Crippen molar-refractivity contribution in [2.45, 2.75) is 20.8 Å². The number of rotatable bonds is 6. The van der Waals surface area contributed by atoms with E-state index >= 15 is 0 Å². The van der Waals surface area contributed by atoms with E-state index in [2.05, 4.69) is 5.32 Å². The van der Waals surface area contributed by atoms with Crippen molar-refractivity contribution < 1.29 is 14.3 Å². The van der Waals surface area contributed by atoms with Crippen LogP contribution in [-0.2, 0) is 0 Å². The fourth-order valence-electron chi connectivity index (χ4n) is 1.50. The Morgan fingerprint density at radius 1 is 1.42 bits per heavy atom. The number of ether oxygens (including phenoxy) is 2. The molecule has 5 heteroatoms. The molecule has 0 saturated carbocycles. The highest BCUT2D eigenvalue weighted by Gasteiger charge is 2.15. The number of carbonyl (C=O) groups is 1. The van der Waals surface area contributed by atoms with Crippen molar-refractivity contribution in [2.24, 2.45) is 5.92 Å². The topological polar surface area (TPSA) is 47.6 Å². The Bertz CT molecular complexity index is 447. The van der Waals surface area contributed by atoms with E-state index in [1.54, 1.807) is 12.1 Å². The lowest BCUT2D eigenvalue weighted by molar-refractivity contribution is 0.0955. The minimum atomic E-state index is -0.182. The Morgan fingerprint density at radius 3 is 2.63 bits per heavy atom. The number of carbonyl (C=O) groups excluding carboxylic acids is 1. The third-order valence-electron chi connectivity index (χ3n) is 2.39. The predicted octanol–water partition coefficient (Wildman–Crippen LogP) is 3.13. The molecule has 0 aliphatic heterocycles. The second-order valence-electron chi connectivity index (χ2n) is 4.55. The minimum absolute atomic E-state index is 0.182. The highest BCUT2D eigenvalue weighted by molar-refractivity contribution is 6.32. The van der Waals surface area contributed by atoms with E-state index in [-0.39, 0.29) is 5.91 Å². The minimum Gasteiger partial charge on any atom is -0.493 e. The van der Waals surface area contributed by atoms with Crippen LogP contribution in [0.3, 0.4) is 0 Å². The van der Waals surface area contributed by atoms with Crippen LogP contribution in [0.1, 0.15) is 31.1 Å². The van der Waals surface area contributed by atoms with Crippen LogP contribution in [0.25, 0.3) is 0 Å². The van der Waals surface area contributed by atoms with Crippen LogP contribution in [0, 0.1) is 5.92 Å². The molecule has 0 heterocycles. The summed E-state index contributed by atoms with van der Waals surface area (Å²) in [6.07, 6.45) is 0. The fourth-order valence-corrected chi connectivity index (χ4v) is 1.77. The molecule has 0 saturated heterocycles. The SMILES string of the molecule is CCNC(=O)c1cc(Cl)c(OCC(C)C)c(OC)c1. The van der Waals surface area contributed by atoms with Crippen LogP contribution in [0.2, 0.25) is 5.02 Å². The highest BCUT2D eigenvalue weighted by Crippen LogP contribution is 2.36. The molecule has 0 unspecified atom stereocenters. The Balaban J connectivity index is 3.03. The van der Waals surface area contributed by atoms with E-state index in [1.165, 1.54) is 7.11 Å². The van der Waals surface area contributed by atoms with E-state index in [0.29, 0.717) is 41.2 Å². The lowest BCUT2D eigenvalue weighted by atomic mass is 10.2. The number of halogens is 1. The van der Waals surface area contributed by atoms with Gasteiger partial charge in [-0.2, -0.15) is 0 Å². The molecule has 1 rings (SSSR count). The fraction of sp³-hybridized carbons (Fsp3) is 0.500. The first-order valence-corrected chi connectivity index (χ1v) is 6.65. The molecule has 0 aliphatic carbocycles. The first-order valence-electron chi connectivity index (χ1n) is 6.28. The summed E-state index contributed by atoms with van der Waals surface area (Å²) >= 11 is 6.16. The van der Waals surface area contributed by atoms with Crippen molar-refractivity contribution >= 4 is 17.5 Å². The average molecular weight is 286 g/mol. The van der Waals surface area contributed by atoms with E-state index in [4.69, 9.17) is 21.1 Å². The van der Waals surface area contributed by atoms with Crippen LogP contribution in [0.4, 0.5) is 0 Å². The monoisotopic (exact) mass is 285 g/mol. The maximum atomic E-state index is 11.8. The molecule has 1 aromatic rings. The number of hydrogen-bond acceptors (Lipinski definition) is 3. The van der Waals surface area contributed by atoms with E-state index in [0.717, 1.165) is 0 Å². The summed E-state index contributed by atoms with van der Waals surface area (Å²) in [5.41, 5.74) is 0.459. The lowest BCUT2D eigenvalue weighted by Crippen LogP contribution is -2.22. The van der Waals surface area contributed by atoms with Crippen LogP contribution >= 0.6 is 11.6 Å². The quantitative estimate of drug-likeness (QED) is 0.873. The van der Waals surface area contributed by atoms with Crippen LogP contribution in [0.5, 0.6) is 11.5 Å². The molecule has 0 aromatic heterocycles.